The van der Waals surface area contributed by atoms with Crippen LogP contribution >= 0.6 is 0 Å². The molecule has 23 heavy (non-hydrogen) atoms. The summed E-state index contributed by atoms with van der Waals surface area (Å²) in [5.74, 6) is -1.10. The number of hydrogen-bond donors (Lipinski definition) is 1. The molecular formula is C18H21F2N3. The molecule has 1 aliphatic rings. The monoisotopic (exact) mass is 317 g/mol. The Morgan fingerprint density at radius 3 is 2.48 bits per heavy atom. The summed E-state index contributed by atoms with van der Waals surface area (Å²) in [5, 5.41) is 12.4. The van der Waals surface area contributed by atoms with Crippen molar-refractivity contribution >= 4 is 0 Å². The topological polar surface area (TPSA) is 39.1 Å². The molecule has 3 nitrogen and oxygen atoms in total. The van der Waals surface area contributed by atoms with E-state index in [0.717, 1.165) is 35.9 Å². The second-order valence-electron chi connectivity index (χ2n) is 5.86. The van der Waals surface area contributed by atoms with Crippen molar-refractivity contribution in [3.8, 4) is 6.07 Å². The zero-order chi connectivity index (χ0) is 17.0. The lowest BCUT2D eigenvalue weighted by molar-refractivity contribution is 0.277. The SMILES string of the molecule is CN/C(C)=C(\C#N)C1=C(C)CN(Cc2cc(F)cc(F)c2)CC1. The first-order valence-electron chi connectivity index (χ1n) is 7.59. The highest BCUT2D eigenvalue weighted by atomic mass is 19.1. The molecule has 122 valence electrons. The lowest BCUT2D eigenvalue weighted by Crippen LogP contribution is -2.31. The van der Waals surface area contributed by atoms with E-state index in [9.17, 15) is 14.0 Å². The third kappa shape index (κ3) is 4.17. The lowest BCUT2D eigenvalue weighted by Gasteiger charge is -2.30. The van der Waals surface area contributed by atoms with Crippen LogP contribution in [0.3, 0.4) is 0 Å². The van der Waals surface area contributed by atoms with E-state index in [4.69, 9.17) is 0 Å². The number of halogens is 2. The molecule has 0 saturated carbocycles. The quantitative estimate of drug-likeness (QED) is 0.864. The molecule has 0 fully saturated rings. The van der Waals surface area contributed by atoms with E-state index in [0.29, 0.717) is 24.2 Å². The van der Waals surface area contributed by atoms with E-state index in [1.54, 1.807) is 7.05 Å². The van der Waals surface area contributed by atoms with Crippen LogP contribution in [0.5, 0.6) is 0 Å². The van der Waals surface area contributed by atoms with Gasteiger partial charge in [0.1, 0.15) is 17.7 Å². The smallest absolute Gasteiger partial charge is 0.126 e. The number of benzene rings is 1. The highest BCUT2D eigenvalue weighted by Gasteiger charge is 2.20. The number of hydrogen-bond acceptors (Lipinski definition) is 3. The fraction of sp³-hybridized carbons (Fsp3) is 0.389. The first kappa shape index (κ1) is 17.2. The van der Waals surface area contributed by atoms with E-state index in [-0.39, 0.29) is 0 Å². The molecule has 0 aromatic heterocycles. The van der Waals surface area contributed by atoms with Gasteiger partial charge < -0.3 is 5.32 Å². The van der Waals surface area contributed by atoms with Crippen molar-refractivity contribution in [3.05, 3.63) is 57.8 Å². The van der Waals surface area contributed by atoms with E-state index < -0.39 is 11.6 Å². The third-order valence-electron chi connectivity index (χ3n) is 4.15. The minimum Gasteiger partial charge on any atom is -0.391 e. The first-order chi connectivity index (χ1) is 10.9. The normalized spacial score (nSPS) is 16.9. The van der Waals surface area contributed by atoms with Crippen LogP contribution in [0.2, 0.25) is 0 Å². The largest absolute Gasteiger partial charge is 0.391 e. The molecule has 0 unspecified atom stereocenters. The summed E-state index contributed by atoms with van der Waals surface area (Å²) in [6.07, 6.45) is 0.756. The maximum atomic E-state index is 13.3. The summed E-state index contributed by atoms with van der Waals surface area (Å²) < 4.78 is 26.6. The maximum absolute atomic E-state index is 13.3. The van der Waals surface area contributed by atoms with Crippen LogP contribution in [0.1, 0.15) is 25.8 Å². The van der Waals surface area contributed by atoms with Crippen LogP contribution in [0.25, 0.3) is 0 Å². The van der Waals surface area contributed by atoms with Gasteiger partial charge in [0.25, 0.3) is 0 Å². The summed E-state index contributed by atoms with van der Waals surface area (Å²) in [6, 6.07) is 5.89. The predicted octanol–water partition coefficient (Wildman–Crippen LogP) is 3.50. The van der Waals surface area contributed by atoms with E-state index in [2.05, 4.69) is 16.3 Å². The Morgan fingerprint density at radius 2 is 1.96 bits per heavy atom. The van der Waals surface area contributed by atoms with Gasteiger partial charge in [0.2, 0.25) is 0 Å². The van der Waals surface area contributed by atoms with Gasteiger partial charge in [-0.2, -0.15) is 5.26 Å². The van der Waals surface area contributed by atoms with Gasteiger partial charge >= 0.3 is 0 Å². The fourth-order valence-corrected chi connectivity index (χ4v) is 2.93. The lowest BCUT2D eigenvalue weighted by atomic mass is 9.93. The number of allylic oxidation sites excluding steroid dienone is 2. The number of nitrogens with one attached hydrogen (secondary N) is 1. The molecular weight excluding hydrogens is 296 g/mol. The highest BCUT2D eigenvalue weighted by Crippen LogP contribution is 2.26. The minimum atomic E-state index is -0.552. The Morgan fingerprint density at radius 1 is 1.30 bits per heavy atom. The van der Waals surface area contributed by atoms with Crippen LogP contribution < -0.4 is 5.32 Å². The summed E-state index contributed by atoms with van der Waals surface area (Å²) in [7, 11) is 1.80. The summed E-state index contributed by atoms with van der Waals surface area (Å²) >= 11 is 0. The van der Waals surface area contributed by atoms with Gasteiger partial charge in [0, 0.05) is 38.4 Å². The molecule has 1 heterocycles. The Kier molecular flexibility index (Phi) is 5.51. The average Bonchev–Trinajstić information content (AvgIpc) is 2.48. The zero-order valence-corrected chi connectivity index (χ0v) is 13.7. The highest BCUT2D eigenvalue weighted by molar-refractivity contribution is 5.48. The molecule has 5 heteroatoms. The Bertz CT molecular complexity index is 678. The van der Waals surface area contributed by atoms with Crippen molar-refractivity contribution in [2.75, 3.05) is 20.1 Å². The van der Waals surface area contributed by atoms with Gasteiger partial charge in [0.05, 0.1) is 5.57 Å². The fourth-order valence-electron chi connectivity index (χ4n) is 2.93. The second-order valence-corrected chi connectivity index (χ2v) is 5.86. The van der Waals surface area contributed by atoms with Crippen molar-refractivity contribution in [2.24, 2.45) is 0 Å². The Labute approximate surface area is 135 Å². The molecule has 2 rings (SSSR count). The van der Waals surface area contributed by atoms with Crippen LogP contribution in [0.4, 0.5) is 8.78 Å². The number of rotatable bonds is 4. The summed E-state index contributed by atoms with van der Waals surface area (Å²) in [4.78, 5) is 2.14. The Balaban J connectivity index is 2.16. The van der Waals surface area contributed by atoms with Crippen LogP contribution in [0, 0.1) is 23.0 Å². The molecule has 0 atom stereocenters. The van der Waals surface area contributed by atoms with E-state index in [1.165, 1.54) is 12.1 Å². The molecule has 0 bridgehead atoms. The van der Waals surface area contributed by atoms with Gasteiger partial charge in [0.15, 0.2) is 0 Å². The molecule has 0 amide bonds. The van der Waals surface area contributed by atoms with Crippen LogP contribution in [0.15, 0.2) is 40.6 Å². The van der Waals surface area contributed by atoms with Crippen molar-refractivity contribution in [2.45, 2.75) is 26.8 Å². The Hall–Kier alpha value is -2.19. The zero-order valence-electron chi connectivity index (χ0n) is 13.7. The molecule has 0 radical (unpaired) electrons. The van der Waals surface area contributed by atoms with Gasteiger partial charge in [-0.1, -0.05) is 5.57 Å². The predicted molar refractivity (Wildman–Crippen MR) is 86.3 cm³/mol. The van der Waals surface area contributed by atoms with Crippen molar-refractivity contribution < 1.29 is 8.78 Å². The molecule has 1 aromatic carbocycles. The molecule has 0 spiro atoms. The van der Waals surface area contributed by atoms with Crippen molar-refractivity contribution in [1.82, 2.24) is 10.2 Å². The van der Waals surface area contributed by atoms with Gasteiger partial charge in [-0.15, -0.1) is 0 Å². The minimum absolute atomic E-state index is 0.496. The number of nitrogens with zero attached hydrogens (tertiary/aromatic N) is 2. The van der Waals surface area contributed by atoms with Crippen molar-refractivity contribution in [3.63, 3.8) is 0 Å². The molecule has 1 aliphatic heterocycles. The first-order valence-corrected chi connectivity index (χ1v) is 7.59. The maximum Gasteiger partial charge on any atom is 0.126 e. The van der Waals surface area contributed by atoms with E-state index >= 15 is 0 Å². The van der Waals surface area contributed by atoms with Gasteiger partial charge in [-0.3, -0.25) is 4.90 Å². The number of nitriles is 1. The summed E-state index contributed by atoms with van der Waals surface area (Å²) in [6.45, 7) is 5.84. The average molecular weight is 317 g/mol. The molecule has 1 aromatic rings. The summed E-state index contributed by atoms with van der Waals surface area (Å²) in [5.41, 5.74) is 4.38. The second kappa shape index (κ2) is 7.38. The van der Waals surface area contributed by atoms with Gasteiger partial charge in [-0.25, -0.2) is 8.78 Å². The van der Waals surface area contributed by atoms with E-state index in [1.807, 2.05) is 13.8 Å². The molecule has 0 saturated heterocycles. The van der Waals surface area contributed by atoms with Crippen molar-refractivity contribution in [1.29, 1.82) is 5.26 Å². The van der Waals surface area contributed by atoms with Gasteiger partial charge in [-0.05, 0) is 43.5 Å². The molecule has 1 N–H and O–H groups in total. The third-order valence-corrected chi connectivity index (χ3v) is 4.15. The van der Waals surface area contributed by atoms with Crippen LogP contribution in [-0.2, 0) is 6.54 Å². The molecule has 0 aliphatic carbocycles. The van der Waals surface area contributed by atoms with Crippen LogP contribution in [-0.4, -0.2) is 25.0 Å². The standard InChI is InChI=1S/C18H21F2N3/c1-12-10-23(11-14-6-15(19)8-16(20)7-14)5-4-17(12)18(9-21)13(2)22-3/h6-8,22H,4-5,10-11H2,1-3H3/b18-13+.